The van der Waals surface area contributed by atoms with E-state index in [4.69, 9.17) is 32.2 Å². The van der Waals surface area contributed by atoms with Crippen LogP contribution in [0.3, 0.4) is 0 Å². The molecule has 0 spiro atoms. The number of hydrogen-bond acceptors (Lipinski definition) is 4. The molecule has 1 rings (SSSR count). The molecule has 0 heterocycles. The number of hydrogen-bond donors (Lipinski definition) is 1. The van der Waals surface area contributed by atoms with Crippen molar-refractivity contribution in [2.24, 2.45) is 5.73 Å². The molecule has 0 aromatic heterocycles. The average molecular weight is 269 g/mol. The first-order valence-electron chi connectivity index (χ1n) is 5.80. The Labute approximate surface area is 113 Å². The van der Waals surface area contributed by atoms with Crippen LogP contribution in [-0.4, -0.2) is 31.4 Å². The second kappa shape index (κ2) is 7.18. The van der Waals surface area contributed by atoms with E-state index in [0.29, 0.717) is 29.7 Å². The van der Waals surface area contributed by atoms with E-state index >= 15 is 0 Å². The first kappa shape index (κ1) is 14.7. The number of methoxy groups -OCH3 is 1. The molecular weight excluding hydrogens is 250 g/mol. The van der Waals surface area contributed by atoms with Crippen LogP contribution in [0.5, 0.6) is 11.5 Å². The van der Waals surface area contributed by atoms with E-state index in [0.717, 1.165) is 5.56 Å². The summed E-state index contributed by atoms with van der Waals surface area (Å²) in [5.41, 5.74) is 6.35. The Morgan fingerprint density at radius 1 is 1.33 bits per heavy atom. The highest BCUT2D eigenvalue weighted by molar-refractivity contribution is 7.80. The Hall–Kier alpha value is -1.33. The second-order valence-electron chi connectivity index (χ2n) is 3.82. The normalized spacial score (nSPS) is 11.9. The summed E-state index contributed by atoms with van der Waals surface area (Å²) in [6.07, 6.45) is 0.0229. The summed E-state index contributed by atoms with van der Waals surface area (Å²) in [5.74, 6) is 1.31. The molecule has 0 radical (unpaired) electrons. The van der Waals surface area contributed by atoms with Gasteiger partial charge in [0.05, 0.1) is 12.7 Å². The number of nitrogens with two attached hydrogens (primary N) is 1. The minimum absolute atomic E-state index is 0.0229. The highest BCUT2D eigenvalue weighted by Gasteiger charge is 2.09. The summed E-state index contributed by atoms with van der Waals surface area (Å²) in [7, 11) is 1.65. The van der Waals surface area contributed by atoms with Gasteiger partial charge >= 0.3 is 0 Å². The van der Waals surface area contributed by atoms with Crippen LogP contribution in [0.1, 0.15) is 19.4 Å². The van der Waals surface area contributed by atoms with Crippen molar-refractivity contribution in [3.05, 3.63) is 23.8 Å². The fourth-order valence-corrected chi connectivity index (χ4v) is 1.45. The maximum atomic E-state index is 5.64. The summed E-state index contributed by atoms with van der Waals surface area (Å²) in [5, 5.41) is 0. The van der Waals surface area contributed by atoms with Gasteiger partial charge in [-0.1, -0.05) is 12.2 Å². The van der Waals surface area contributed by atoms with Crippen molar-refractivity contribution in [2.75, 3.05) is 20.3 Å². The van der Waals surface area contributed by atoms with E-state index in [1.54, 1.807) is 13.2 Å². The molecule has 2 N–H and O–H groups in total. The Morgan fingerprint density at radius 2 is 2.06 bits per heavy atom. The van der Waals surface area contributed by atoms with Gasteiger partial charge in [0.2, 0.25) is 0 Å². The molecule has 1 aromatic carbocycles. The maximum Gasteiger partial charge on any atom is 0.161 e. The van der Waals surface area contributed by atoms with Crippen molar-refractivity contribution >= 4 is 17.2 Å². The van der Waals surface area contributed by atoms with Gasteiger partial charge in [0.15, 0.2) is 11.5 Å². The van der Waals surface area contributed by atoms with Gasteiger partial charge in [0, 0.05) is 12.7 Å². The molecule has 5 heteroatoms. The highest BCUT2D eigenvalue weighted by atomic mass is 32.1. The molecule has 0 aliphatic carbocycles. The molecule has 0 fully saturated rings. The zero-order valence-electron chi connectivity index (χ0n) is 10.9. The Balaban J connectivity index is 2.85. The molecule has 1 aromatic rings. The standard InChI is InChI=1S/C13H19NO3S/c1-4-16-12-7-10(13(14)18)5-6-11(12)17-8-9(2)15-3/h5-7,9H,4,8H2,1-3H3,(H2,14,18). The van der Waals surface area contributed by atoms with Crippen LogP contribution in [0, 0.1) is 0 Å². The van der Waals surface area contributed by atoms with Crippen LogP contribution < -0.4 is 15.2 Å². The van der Waals surface area contributed by atoms with Crippen LogP contribution in [0.15, 0.2) is 18.2 Å². The SMILES string of the molecule is CCOc1cc(C(N)=S)ccc1OCC(C)OC. The lowest BCUT2D eigenvalue weighted by Gasteiger charge is -2.15. The third-order valence-electron chi connectivity index (χ3n) is 2.40. The lowest BCUT2D eigenvalue weighted by molar-refractivity contribution is 0.0703. The molecule has 0 bridgehead atoms. The second-order valence-corrected chi connectivity index (χ2v) is 4.26. The third-order valence-corrected chi connectivity index (χ3v) is 2.64. The van der Waals surface area contributed by atoms with Crippen LogP contribution in [0.25, 0.3) is 0 Å². The van der Waals surface area contributed by atoms with Gasteiger partial charge in [0.25, 0.3) is 0 Å². The fourth-order valence-electron chi connectivity index (χ4n) is 1.32. The van der Waals surface area contributed by atoms with Gasteiger partial charge in [-0.2, -0.15) is 0 Å². The van der Waals surface area contributed by atoms with Crippen molar-refractivity contribution in [1.29, 1.82) is 0 Å². The van der Waals surface area contributed by atoms with Crippen LogP contribution in [0.2, 0.25) is 0 Å². The zero-order valence-corrected chi connectivity index (χ0v) is 11.8. The summed E-state index contributed by atoms with van der Waals surface area (Å²) >= 11 is 4.94. The number of ether oxygens (including phenoxy) is 3. The van der Waals surface area contributed by atoms with E-state index in [-0.39, 0.29) is 6.10 Å². The van der Waals surface area contributed by atoms with Gasteiger partial charge in [-0.05, 0) is 32.0 Å². The summed E-state index contributed by atoms with van der Waals surface area (Å²) in [6, 6.07) is 5.41. The largest absolute Gasteiger partial charge is 0.490 e. The van der Waals surface area contributed by atoms with E-state index in [1.807, 2.05) is 26.0 Å². The van der Waals surface area contributed by atoms with E-state index in [9.17, 15) is 0 Å². The van der Waals surface area contributed by atoms with Crippen LogP contribution in [-0.2, 0) is 4.74 Å². The van der Waals surface area contributed by atoms with E-state index < -0.39 is 0 Å². The molecule has 0 aliphatic heterocycles. The monoisotopic (exact) mass is 269 g/mol. The fraction of sp³-hybridized carbons (Fsp3) is 0.462. The molecule has 1 unspecified atom stereocenters. The zero-order chi connectivity index (χ0) is 13.5. The molecular formula is C13H19NO3S. The van der Waals surface area contributed by atoms with Gasteiger partial charge in [0.1, 0.15) is 11.6 Å². The van der Waals surface area contributed by atoms with Crippen molar-refractivity contribution in [1.82, 2.24) is 0 Å². The third kappa shape index (κ3) is 4.16. The number of thiocarbonyl (C=S) groups is 1. The number of benzene rings is 1. The smallest absolute Gasteiger partial charge is 0.161 e. The van der Waals surface area contributed by atoms with Crippen molar-refractivity contribution < 1.29 is 14.2 Å². The van der Waals surface area contributed by atoms with Gasteiger partial charge in [-0.3, -0.25) is 0 Å². The molecule has 0 saturated heterocycles. The first-order chi connectivity index (χ1) is 8.58. The first-order valence-corrected chi connectivity index (χ1v) is 6.21. The van der Waals surface area contributed by atoms with Gasteiger partial charge < -0.3 is 19.9 Å². The average Bonchev–Trinajstić information content (AvgIpc) is 2.36. The molecule has 4 nitrogen and oxygen atoms in total. The topological polar surface area (TPSA) is 53.7 Å². The van der Waals surface area contributed by atoms with Crippen molar-refractivity contribution in [3.63, 3.8) is 0 Å². The van der Waals surface area contributed by atoms with Crippen LogP contribution >= 0.6 is 12.2 Å². The summed E-state index contributed by atoms with van der Waals surface area (Å²) in [6.45, 7) is 4.86. The molecule has 0 aliphatic rings. The van der Waals surface area contributed by atoms with E-state index in [2.05, 4.69) is 0 Å². The minimum Gasteiger partial charge on any atom is -0.490 e. The Bertz CT molecular complexity index is 409. The quantitative estimate of drug-likeness (QED) is 0.769. The molecule has 0 amide bonds. The summed E-state index contributed by atoms with van der Waals surface area (Å²) < 4.78 is 16.3. The van der Waals surface area contributed by atoms with Crippen LogP contribution in [0.4, 0.5) is 0 Å². The Morgan fingerprint density at radius 3 is 2.61 bits per heavy atom. The predicted octanol–water partition coefficient (Wildman–Crippen LogP) is 2.13. The highest BCUT2D eigenvalue weighted by Crippen LogP contribution is 2.28. The predicted molar refractivity (Wildman–Crippen MR) is 75.5 cm³/mol. The minimum atomic E-state index is 0.0229. The summed E-state index contributed by atoms with van der Waals surface area (Å²) in [4.78, 5) is 0.341. The maximum absolute atomic E-state index is 5.64. The number of rotatable bonds is 7. The lowest BCUT2D eigenvalue weighted by Crippen LogP contribution is -2.16. The molecule has 18 heavy (non-hydrogen) atoms. The van der Waals surface area contributed by atoms with Gasteiger partial charge in [-0.15, -0.1) is 0 Å². The van der Waals surface area contributed by atoms with Crippen molar-refractivity contribution in [3.8, 4) is 11.5 Å². The Kier molecular flexibility index (Phi) is 5.88. The molecule has 0 saturated carbocycles. The molecule has 1 atom stereocenters. The van der Waals surface area contributed by atoms with Gasteiger partial charge in [-0.25, -0.2) is 0 Å². The lowest BCUT2D eigenvalue weighted by atomic mass is 10.2. The molecule has 100 valence electrons. The van der Waals surface area contributed by atoms with Crippen molar-refractivity contribution in [2.45, 2.75) is 20.0 Å². The van der Waals surface area contributed by atoms with E-state index in [1.165, 1.54) is 0 Å².